The minimum absolute atomic E-state index is 0.989. The molecule has 0 N–H and O–H groups in total. The van der Waals surface area contributed by atoms with E-state index in [1.165, 1.54) is 0 Å². The van der Waals surface area contributed by atoms with Crippen molar-refractivity contribution in [2.45, 2.75) is 13.8 Å². The molecular weight excluding hydrogens is 158 g/mol. The standard InChI is InChI=1S/C12H17N/c1-6-7-8-10(2)11(3)9-12(4)13-5/h6-9H,1-2H2,3-5H3. The minimum atomic E-state index is 0.989. The van der Waals surface area contributed by atoms with Gasteiger partial charge in [0.1, 0.15) is 0 Å². The highest BCUT2D eigenvalue weighted by Crippen LogP contribution is 2.08. The largest absolute Gasteiger partial charge is 0.293 e. The van der Waals surface area contributed by atoms with Crippen molar-refractivity contribution < 1.29 is 0 Å². The van der Waals surface area contributed by atoms with Crippen LogP contribution in [0.4, 0.5) is 0 Å². The molecule has 0 aliphatic heterocycles. The Morgan fingerprint density at radius 2 is 1.92 bits per heavy atom. The molecule has 0 bridgehead atoms. The highest BCUT2D eigenvalue weighted by molar-refractivity contribution is 5.93. The summed E-state index contributed by atoms with van der Waals surface area (Å²) in [5.41, 5.74) is 3.12. The van der Waals surface area contributed by atoms with Crippen molar-refractivity contribution in [1.29, 1.82) is 0 Å². The second kappa shape index (κ2) is 6.18. The molecule has 0 saturated heterocycles. The van der Waals surface area contributed by atoms with Crippen LogP contribution in [0.1, 0.15) is 13.8 Å². The van der Waals surface area contributed by atoms with Crippen molar-refractivity contribution in [3.05, 3.63) is 48.6 Å². The van der Waals surface area contributed by atoms with Crippen molar-refractivity contribution in [3.8, 4) is 0 Å². The molecule has 70 valence electrons. The molecule has 0 aliphatic carbocycles. The lowest BCUT2D eigenvalue weighted by Crippen LogP contribution is -1.87. The zero-order valence-corrected chi connectivity index (χ0v) is 8.67. The number of allylic oxidation sites excluding steroid dienone is 6. The molecule has 1 nitrogen and oxygen atoms in total. The SMILES string of the molecule is C=CC=CC(=C)C(C)=CC(C)=NC. The van der Waals surface area contributed by atoms with Gasteiger partial charge >= 0.3 is 0 Å². The zero-order valence-electron chi connectivity index (χ0n) is 8.67. The fourth-order valence-corrected chi connectivity index (χ4v) is 0.786. The Morgan fingerprint density at radius 1 is 1.31 bits per heavy atom. The van der Waals surface area contributed by atoms with Gasteiger partial charge in [0.2, 0.25) is 0 Å². The van der Waals surface area contributed by atoms with Crippen LogP contribution in [0.2, 0.25) is 0 Å². The van der Waals surface area contributed by atoms with E-state index in [0.29, 0.717) is 0 Å². The maximum absolute atomic E-state index is 4.05. The van der Waals surface area contributed by atoms with Gasteiger partial charge in [-0.1, -0.05) is 31.4 Å². The van der Waals surface area contributed by atoms with Crippen molar-refractivity contribution in [1.82, 2.24) is 0 Å². The molecular formula is C12H17N. The summed E-state index contributed by atoms with van der Waals surface area (Å²) in [6.45, 7) is 11.5. The first-order valence-corrected chi connectivity index (χ1v) is 4.22. The zero-order chi connectivity index (χ0) is 10.3. The molecule has 0 atom stereocenters. The Labute approximate surface area is 80.9 Å². The molecule has 0 aromatic heterocycles. The van der Waals surface area contributed by atoms with Gasteiger partial charge in [-0.25, -0.2) is 0 Å². The Hall–Kier alpha value is -1.37. The van der Waals surface area contributed by atoms with E-state index in [-0.39, 0.29) is 0 Å². The summed E-state index contributed by atoms with van der Waals surface area (Å²) in [6.07, 6.45) is 7.55. The highest BCUT2D eigenvalue weighted by atomic mass is 14.7. The van der Waals surface area contributed by atoms with E-state index >= 15 is 0 Å². The van der Waals surface area contributed by atoms with Gasteiger partial charge in [-0.05, 0) is 31.1 Å². The predicted molar refractivity (Wildman–Crippen MR) is 61.3 cm³/mol. The van der Waals surface area contributed by atoms with Crippen molar-refractivity contribution >= 4 is 5.71 Å². The summed E-state index contributed by atoms with van der Waals surface area (Å²) in [5.74, 6) is 0. The Bertz CT molecular complexity index is 277. The maximum atomic E-state index is 4.05. The summed E-state index contributed by atoms with van der Waals surface area (Å²) < 4.78 is 0. The van der Waals surface area contributed by atoms with Gasteiger partial charge < -0.3 is 0 Å². The molecule has 0 aromatic carbocycles. The molecule has 0 heterocycles. The second-order valence-corrected chi connectivity index (χ2v) is 2.81. The summed E-state index contributed by atoms with van der Waals surface area (Å²) >= 11 is 0. The average Bonchev–Trinajstić information content (AvgIpc) is 2.13. The number of hydrogen-bond donors (Lipinski definition) is 0. The Morgan fingerprint density at radius 3 is 2.38 bits per heavy atom. The van der Waals surface area contributed by atoms with Crippen LogP contribution < -0.4 is 0 Å². The number of rotatable bonds is 4. The Balaban J connectivity index is 4.51. The first-order valence-electron chi connectivity index (χ1n) is 4.22. The van der Waals surface area contributed by atoms with E-state index in [2.05, 4.69) is 18.2 Å². The van der Waals surface area contributed by atoms with Crippen molar-refractivity contribution in [3.63, 3.8) is 0 Å². The van der Waals surface area contributed by atoms with E-state index < -0.39 is 0 Å². The molecule has 0 fully saturated rings. The van der Waals surface area contributed by atoms with Crippen LogP contribution >= 0.6 is 0 Å². The van der Waals surface area contributed by atoms with Crippen molar-refractivity contribution in [2.75, 3.05) is 7.05 Å². The lowest BCUT2D eigenvalue weighted by molar-refractivity contribution is 1.40. The fraction of sp³-hybridized carbons (Fsp3) is 0.250. The highest BCUT2D eigenvalue weighted by Gasteiger charge is 1.91. The normalized spacial score (nSPS) is 13.5. The summed E-state index contributed by atoms with van der Waals surface area (Å²) in [4.78, 5) is 4.05. The Kier molecular flexibility index (Phi) is 5.53. The lowest BCUT2D eigenvalue weighted by Gasteiger charge is -1.99. The van der Waals surface area contributed by atoms with Gasteiger partial charge in [0.05, 0.1) is 0 Å². The van der Waals surface area contributed by atoms with Gasteiger partial charge in [-0.15, -0.1) is 0 Å². The van der Waals surface area contributed by atoms with Crippen LogP contribution in [0.5, 0.6) is 0 Å². The number of hydrogen-bond acceptors (Lipinski definition) is 1. The molecule has 0 rings (SSSR count). The molecule has 0 aromatic rings. The van der Waals surface area contributed by atoms with E-state index in [1.54, 1.807) is 13.1 Å². The van der Waals surface area contributed by atoms with Crippen LogP contribution in [0.25, 0.3) is 0 Å². The lowest BCUT2D eigenvalue weighted by atomic mass is 10.1. The van der Waals surface area contributed by atoms with Gasteiger partial charge in [0.25, 0.3) is 0 Å². The summed E-state index contributed by atoms with van der Waals surface area (Å²) in [5, 5.41) is 0. The van der Waals surface area contributed by atoms with Crippen LogP contribution in [0.3, 0.4) is 0 Å². The van der Waals surface area contributed by atoms with Crippen LogP contribution in [0.15, 0.2) is 53.6 Å². The smallest absolute Gasteiger partial charge is 0.0316 e. The molecule has 1 heteroatoms. The number of aliphatic imine (C=N–C) groups is 1. The monoisotopic (exact) mass is 175 g/mol. The van der Waals surface area contributed by atoms with Gasteiger partial charge in [-0.3, -0.25) is 4.99 Å². The topological polar surface area (TPSA) is 12.4 Å². The average molecular weight is 175 g/mol. The second-order valence-electron chi connectivity index (χ2n) is 2.81. The summed E-state index contributed by atoms with van der Waals surface area (Å²) in [7, 11) is 1.78. The van der Waals surface area contributed by atoms with E-state index in [4.69, 9.17) is 0 Å². The maximum Gasteiger partial charge on any atom is 0.0316 e. The number of nitrogens with zero attached hydrogens (tertiary/aromatic N) is 1. The molecule has 0 spiro atoms. The molecule has 0 aliphatic rings. The van der Waals surface area contributed by atoms with Gasteiger partial charge in [0, 0.05) is 12.8 Å². The first kappa shape index (κ1) is 11.6. The molecule has 0 saturated carbocycles. The third-order valence-corrected chi connectivity index (χ3v) is 1.72. The summed E-state index contributed by atoms with van der Waals surface area (Å²) in [6, 6.07) is 0. The van der Waals surface area contributed by atoms with Gasteiger partial charge in [-0.2, -0.15) is 0 Å². The third kappa shape index (κ3) is 4.96. The van der Waals surface area contributed by atoms with Crippen molar-refractivity contribution in [2.24, 2.45) is 4.99 Å². The van der Waals surface area contributed by atoms with Crippen LogP contribution in [0, 0.1) is 0 Å². The predicted octanol–water partition coefficient (Wildman–Crippen LogP) is 3.32. The minimum Gasteiger partial charge on any atom is -0.293 e. The van der Waals surface area contributed by atoms with E-state index in [1.807, 2.05) is 32.1 Å². The van der Waals surface area contributed by atoms with Gasteiger partial charge in [0.15, 0.2) is 0 Å². The van der Waals surface area contributed by atoms with Crippen LogP contribution in [-0.2, 0) is 0 Å². The third-order valence-electron chi connectivity index (χ3n) is 1.72. The van der Waals surface area contributed by atoms with E-state index in [9.17, 15) is 0 Å². The molecule has 0 radical (unpaired) electrons. The molecule has 13 heavy (non-hydrogen) atoms. The first-order chi connectivity index (χ1) is 6.11. The van der Waals surface area contributed by atoms with Crippen LogP contribution in [-0.4, -0.2) is 12.8 Å². The van der Waals surface area contributed by atoms with E-state index in [0.717, 1.165) is 16.9 Å². The quantitative estimate of drug-likeness (QED) is 0.459. The molecule has 0 unspecified atom stereocenters. The fourth-order valence-electron chi connectivity index (χ4n) is 0.786. The molecule has 0 amide bonds.